The highest BCUT2D eigenvalue weighted by molar-refractivity contribution is 7.91. The normalized spacial score (nSPS) is 19.1. The summed E-state index contributed by atoms with van der Waals surface area (Å²) in [5.41, 5.74) is 1.10. The van der Waals surface area contributed by atoms with Crippen molar-refractivity contribution in [2.75, 3.05) is 26.2 Å². The maximum atomic E-state index is 13.2. The second kappa shape index (κ2) is 8.52. The molecule has 7 heteroatoms. The minimum absolute atomic E-state index is 0.274. The second-order valence-electron chi connectivity index (χ2n) is 9.70. The first-order valence-electron chi connectivity index (χ1n) is 11.3. The number of sulfone groups is 1. The minimum Gasteiger partial charge on any atom is -0.444 e. The molecule has 2 aromatic rings. The van der Waals surface area contributed by atoms with Crippen molar-refractivity contribution < 1.29 is 17.9 Å². The number of benzene rings is 2. The molecule has 2 aliphatic rings. The molecule has 4 rings (SSSR count). The Hall–Kier alpha value is -2.38. The summed E-state index contributed by atoms with van der Waals surface area (Å²) >= 11 is 0. The number of piperidine rings is 1. The van der Waals surface area contributed by atoms with Crippen LogP contribution in [0.2, 0.25) is 0 Å². The van der Waals surface area contributed by atoms with Gasteiger partial charge in [0, 0.05) is 12.0 Å². The first-order chi connectivity index (χ1) is 15.1. The Morgan fingerprint density at radius 2 is 1.53 bits per heavy atom. The van der Waals surface area contributed by atoms with Crippen LogP contribution < -0.4 is 5.32 Å². The van der Waals surface area contributed by atoms with E-state index < -0.39 is 15.4 Å². The number of amides is 1. The number of rotatable bonds is 4. The largest absolute Gasteiger partial charge is 0.444 e. The number of fused-ring (bicyclic) bond motifs is 4. The Morgan fingerprint density at radius 3 is 2.06 bits per heavy atom. The maximum absolute atomic E-state index is 13.2. The first kappa shape index (κ1) is 22.8. The van der Waals surface area contributed by atoms with Crippen molar-refractivity contribution in [1.82, 2.24) is 10.2 Å². The van der Waals surface area contributed by atoms with Crippen LogP contribution in [0.3, 0.4) is 0 Å². The lowest BCUT2D eigenvalue weighted by Crippen LogP contribution is -2.46. The summed E-state index contributed by atoms with van der Waals surface area (Å²) in [4.78, 5) is 15.1. The predicted octanol–water partition coefficient (Wildman–Crippen LogP) is 4.13. The molecule has 0 atom stereocenters. The fourth-order valence-electron chi connectivity index (χ4n) is 4.96. The van der Waals surface area contributed by atoms with E-state index in [1.807, 2.05) is 57.2 Å². The van der Waals surface area contributed by atoms with Gasteiger partial charge in [-0.2, -0.15) is 0 Å². The number of hydrogen-bond acceptors (Lipinski definition) is 5. The molecule has 1 saturated heterocycles. The van der Waals surface area contributed by atoms with Crippen molar-refractivity contribution in [3.63, 3.8) is 0 Å². The third-order valence-electron chi connectivity index (χ3n) is 6.41. The maximum Gasteiger partial charge on any atom is 0.407 e. The number of carbonyl (C=O) groups excluding carboxylic acids is 1. The molecule has 1 amide bonds. The van der Waals surface area contributed by atoms with E-state index in [1.54, 1.807) is 12.1 Å². The molecule has 0 aliphatic carbocycles. The quantitative estimate of drug-likeness (QED) is 0.700. The highest BCUT2D eigenvalue weighted by atomic mass is 32.2. The van der Waals surface area contributed by atoms with Gasteiger partial charge in [0.15, 0.2) is 0 Å². The van der Waals surface area contributed by atoms with Crippen LogP contribution in [-0.2, 0) is 20.0 Å². The standard InChI is InChI=1S/C25H32N2O4S/c1-24(2,3)31-23(28)26-15-8-16-27-17-13-25(14-18-27)19-9-4-6-11-21(19)32(29,30)22-12-7-5-10-20(22)25/h4-7,9-12H,8,13-18H2,1-3H3,(H,26,28). The number of carbonyl (C=O) groups is 1. The lowest BCUT2D eigenvalue weighted by atomic mass is 9.67. The first-order valence-corrected chi connectivity index (χ1v) is 12.8. The number of ether oxygens (including phenoxy) is 1. The summed E-state index contributed by atoms with van der Waals surface area (Å²) in [6.45, 7) is 8.77. The molecule has 172 valence electrons. The molecule has 2 heterocycles. The van der Waals surface area contributed by atoms with Crippen LogP contribution in [0, 0.1) is 0 Å². The van der Waals surface area contributed by atoms with Crippen LogP contribution in [0.5, 0.6) is 0 Å². The van der Waals surface area contributed by atoms with E-state index in [1.165, 1.54) is 0 Å². The Morgan fingerprint density at radius 1 is 1.00 bits per heavy atom. The second-order valence-corrected chi connectivity index (χ2v) is 11.6. The molecule has 0 bridgehead atoms. The molecule has 2 aromatic carbocycles. The zero-order valence-electron chi connectivity index (χ0n) is 19.1. The summed E-state index contributed by atoms with van der Waals surface area (Å²) < 4.78 is 31.8. The lowest BCUT2D eigenvalue weighted by Gasteiger charge is -2.46. The van der Waals surface area contributed by atoms with Gasteiger partial charge in [0.25, 0.3) is 0 Å². The van der Waals surface area contributed by atoms with Gasteiger partial charge in [-0.1, -0.05) is 36.4 Å². The smallest absolute Gasteiger partial charge is 0.407 e. The van der Waals surface area contributed by atoms with Gasteiger partial charge < -0.3 is 15.0 Å². The summed E-state index contributed by atoms with van der Waals surface area (Å²) in [6, 6.07) is 15.0. The summed E-state index contributed by atoms with van der Waals surface area (Å²) in [5.74, 6) is 0. The molecule has 0 unspecified atom stereocenters. The van der Waals surface area contributed by atoms with E-state index in [0.717, 1.165) is 50.0 Å². The molecule has 0 radical (unpaired) electrons. The van der Waals surface area contributed by atoms with E-state index in [4.69, 9.17) is 4.74 Å². The fraction of sp³-hybridized carbons (Fsp3) is 0.480. The molecule has 0 aromatic heterocycles. The van der Waals surface area contributed by atoms with E-state index in [2.05, 4.69) is 10.2 Å². The van der Waals surface area contributed by atoms with Crippen molar-refractivity contribution >= 4 is 15.9 Å². The number of alkyl carbamates (subject to hydrolysis) is 1. The van der Waals surface area contributed by atoms with Crippen molar-refractivity contribution in [3.05, 3.63) is 59.7 Å². The fourth-order valence-corrected chi connectivity index (χ4v) is 6.82. The highest BCUT2D eigenvalue weighted by Gasteiger charge is 2.47. The summed E-state index contributed by atoms with van der Waals surface area (Å²) in [7, 11) is -3.49. The molecular weight excluding hydrogens is 424 g/mol. The van der Waals surface area contributed by atoms with E-state index in [9.17, 15) is 13.2 Å². The monoisotopic (exact) mass is 456 g/mol. The average Bonchev–Trinajstić information content (AvgIpc) is 2.75. The molecule has 0 saturated carbocycles. The third kappa shape index (κ3) is 4.28. The predicted molar refractivity (Wildman–Crippen MR) is 124 cm³/mol. The molecular formula is C25H32N2O4S. The Balaban J connectivity index is 1.44. The van der Waals surface area contributed by atoms with Gasteiger partial charge >= 0.3 is 6.09 Å². The summed E-state index contributed by atoms with van der Waals surface area (Å²) in [5, 5.41) is 2.82. The van der Waals surface area contributed by atoms with Crippen LogP contribution >= 0.6 is 0 Å². The SMILES string of the molecule is CC(C)(C)OC(=O)NCCCN1CCC2(CC1)c1ccccc1S(=O)(=O)c1ccccc12. The van der Waals surface area contributed by atoms with E-state index >= 15 is 0 Å². The Bertz CT molecular complexity index is 1040. The van der Waals surface area contributed by atoms with Crippen molar-refractivity contribution in [2.45, 2.75) is 60.8 Å². The topological polar surface area (TPSA) is 75.7 Å². The van der Waals surface area contributed by atoms with Crippen molar-refractivity contribution in [2.24, 2.45) is 0 Å². The zero-order chi connectivity index (χ0) is 23.0. The van der Waals surface area contributed by atoms with Crippen molar-refractivity contribution in [3.8, 4) is 0 Å². The third-order valence-corrected chi connectivity index (χ3v) is 8.28. The van der Waals surface area contributed by atoms with Gasteiger partial charge in [-0.05, 0) is 82.9 Å². The molecule has 1 N–H and O–H groups in total. The van der Waals surface area contributed by atoms with Crippen LogP contribution in [0.1, 0.15) is 51.2 Å². The molecule has 32 heavy (non-hydrogen) atoms. The Kier molecular flexibility index (Phi) is 6.07. The van der Waals surface area contributed by atoms with E-state index in [-0.39, 0.29) is 11.5 Å². The van der Waals surface area contributed by atoms with Crippen LogP contribution in [0.4, 0.5) is 4.79 Å². The van der Waals surface area contributed by atoms with Gasteiger partial charge in [0.1, 0.15) is 5.60 Å². The molecule has 2 aliphatic heterocycles. The van der Waals surface area contributed by atoms with Gasteiger partial charge in [0.2, 0.25) is 9.84 Å². The number of nitrogens with zero attached hydrogens (tertiary/aromatic N) is 1. The lowest BCUT2D eigenvalue weighted by molar-refractivity contribution is 0.0524. The van der Waals surface area contributed by atoms with Crippen LogP contribution in [0.15, 0.2) is 58.3 Å². The van der Waals surface area contributed by atoms with Crippen LogP contribution in [0.25, 0.3) is 0 Å². The molecule has 6 nitrogen and oxygen atoms in total. The molecule has 1 spiro atoms. The minimum atomic E-state index is -3.49. The number of hydrogen-bond donors (Lipinski definition) is 1. The van der Waals surface area contributed by atoms with Crippen LogP contribution in [-0.4, -0.2) is 51.2 Å². The van der Waals surface area contributed by atoms with Crippen molar-refractivity contribution in [1.29, 1.82) is 0 Å². The van der Waals surface area contributed by atoms with Gasteiger partial charge in [-0.25, -0.2) is 13.2 Å². The number of nitrogens with one attached hydrogen (secondary N) is 1. The number of likely N-dealkylation sites (tertiary alicyclic amines) is 1. The molecule has 1 fully saturated rings. The van der Waals surface area contributed by atoms with Gasteiger partial charge in [-0.15, -0.1) is 0 Å². The highest BCUT2D eigenvalue weighted by Crippen LogP contribution is 2.51. The van der Waals surface area contributed by atoms with E-state index in [0.29, 0.717) is 16.3 Å². The summed E-state index contributed by atoms with van der Waals surface area (Å²) in [6.07, 6.45) is 2.20. The Labute approximate surface area is 190 Å². The average molecular weight is 457 g/mol. The van der Waals surface area contributed by atoms with Gasteiger partial charge in [-0.3, -0.25) is 0 Å². The zero-order valence-corrected chi connectivity index (χ0v) is 19.9. The van der Waals surface area contributed by atoms with Gasteiger partial charge in [0.05, 0.1) is 9.79 Å².